The summed E-state index contributed by atoms with van der Waals surface area (Å²) in [6.07, 6.45) is 3.36. The van der Waals surface area contributed by atoms with E-state index in [0.29, 0.717) is 48.1 Å². The van der Waals surface area contributed by atoms with E-state index in [1.807, 2.05) is 103 Å². The largest absolute Gasteiger partial charge is 0.456 e. The molecule has 0 fully saturated rings. The number of nitrogens with one attached hydrogen (secondary N) is 1. The number of anilines is 2. The van der Waals surface area contributed by atoms with Crippen molar-refractivity contribution >= 4 is 92.6 Å². The number of hydrogen-bond acceptors (Lipinski definition) is 8. The smallest absolute Gasteiger partial charge is 0.338 e. The molecule has 53 heavy (non-hydrogen) atoms. The van der Waals surface area contributed by atoms with Crippen molar-refractivity contribution in [1.29, 1.82) is 0 Å². The summed E-state index contributed by atoms with van der Waals surface area (Å²) in [6.45, 7) is 14.7. The first-order chi connectivity index (χ1) is 24.8. The Bertz CT molecular complexity index is 2060. The number of esters is 2. The monoisotopic (exact) mass is 914 g/mol. The number of ether oxygens (including phenoxy) is 2. The van der Waals surface area contributed by atoms with Crippen molar-refractivity contribution in [3.8, 4) is 0 Å². The summed E-state index contributed by atoms with van der Waals surface area (Å²) in [5.74, 6) is 0.811. The molecule has 4 aromatic rings. The van der Waals surface area contributed by atoms with Crippen molar-refractivity contribution < 1.29 is 19.1 Å². The molecular weight excluding hydrogens is 873 g/mol. The third kappa shape index (κ3) is 9.36. The van der Waals surface area contributed by atoms with Gasteiger partial charge in [0.05, 0.1) is 43.6 Å². The van der Waals surface area contributed by atoms with Gasteiger partial charge >= 0.3 is 11.9 Å². The number of hydrogen-bond donors (Lipinski definition) is 1. The van der Waals surface area contributed by atoms with Gasteiger partial charge in [-0.1, -0.05) is 93.3 Å². The Morgan fingerprint density at radius 1 is 0.717 bits per heavy atom. The molecule has 4 heterocycles. The number of carbonyl (C=O) groups excluding carboxylic acids is 2. The summed E-state index contributed by atoms with van der Waals surface area (Å²) in [6, 6.07) is 13.4. The third-order valence-electron chi connectivity index (χ3n) is 8.10. The predicted octanol–water partition coefficient (Wildman–Crippen LogP) is 10.7. The average molecular weight is 917 g/mol. The molecule has 2 aliphatic heterocycles. The van der Waals surface area contributed by atoms with Crippen LogP contribution in [0.1, 0.15) is 78.6 Å². The maximum absolute atomic E-state index is 13.1. The zero-order valence-corrected chi connectivity index (χ0v) is 36.4. The minimum absolute atomic E-state index is 0.395. The van der Waals surface area contributed by atoms with Crippen LogP contribution in [0.3, 0.4) is 0 Å². The first kappa shape index (κ1) is 42.5. The van der Waals surface area contributed by atoms with E-state index in [1.54, 1.807) is 40.0 Å². The molecule has 6 rings (SSSR count). The summed E-state index contributed by atoms with van der Waals surface area (Å²) >= 11 is 27.5. The molecule has 0 bridgehead atoms. The lowest BCUT2D eigenvalue weighted by Crippen LogP contribution is -2.36. The van der Waals surface area contributed by atoms with Crippen LogP contribution in [0.4, 0.5) is 11.6 Å². The number of aromatic nitrogens is 4. The van der Waals surface area contributed by atoms with Crippen molar-refractivity contribution in [3.05, 3.63) is 115 Å². The van der Waals surface area contributed by atoms with Crippen molar-refractivity contribution in [1.82, 2.24) is 19.6 Å². The molecule has 2 aromatic carbocycles. The van der Waals surface area contributed by atoms with Gasteiger partial charge in [-0.2, -0.15) is 10.2 Å². The number of benzene rings is 2. The SMILES string of the molecule is CC1=C(C(=O)OC(C)(C)C)C(c2cccc(Cl)c2Cl)n2nccc2N1.CC1=C(C(=O)OC(C)(C)C)C(c2cccc(Cl)c2Cl)n2nccc2N1C.CI. The Morgan fingerprint density at radius 3 is 1.68 bits per heavy atom. The molecule has 0 saturated heterocycles. The maximum atomic E-state index is 13.1. The Kier molecular flexibility index (Phi) is 13.7. The van der Waals surface area contributed by atoms with Gasteiger partial charge < -0.3 is 19.7 Å². The van der Waals surface area contributed by atoms with Gasteiger partial charge in [-0.15, -0.1) is 0 Å². The molecular formula is C38H43Cl4IN6O4. The van der Waals surface area contributed by atoms with Crippen LogP contribution in [0.2, 0.25) is 20.1 Å². The molecule has 0 spiro atoms. The molecule has 2 aromatic heterocycles. The fourth-order valence-corrected chi connectivity index (χ4v) is 6.70. The van der Waals surface area contributed by atoms with Gasteiger partial charge in [0.25, 0.3) is 0 Å². The van der Waals surface area contributed by atoms with Crippen molar-refractivity contribution in [2.75, 3.05) is 22.2 Å². The lowest BCUT2D eigenvalue weighted by Gasteiger charge is -2.35. The van der Waals surface area contributed by atoms with Crippen LogP contribution in [0.15, 0.2) is 83.5 Å². The van der Waals surface area contributed by atoms with Crippen molar-refractivity contribution in [3.63, 3.8) is 0 Å². The molecule has 284 valence electrons. The number of halogens is 5. The predicted molar refractivity (Wildman–Crippen MR) is 223 cm³/mol. The first-order valence-corrected chi connectivity index (χ1v) is 20.2. The molecule has 0 amide bonds. The average Bonchev–Trinajstić information content (AvgIpc) is 3.75. The van der Waals surface area contributed by atoms with Crippen LogP contribution in [0.25, 0.3) is 0 Å². The van der Waals surface area contributed by atoms with Crippen LogP contribution < -0.4 is 10.2 Å². The minimum Gasteiger partial charge on any atom is -0.456 e. The number of nitrogens with zero attached hydrogens (tertiary/aromatic N) is 5. The topological polar surface area (TPSA) is 104 Å². The number of fused-ring (bicyclic) bond motifs is 2. The second-order valence-electron chi connectivity index (χ2n) is 14.1. The van der Waals surface area contributed by atoms with Crippen molar-refractivity contribution in [2.45, 2.75) is 78.7 Å². The summed E-state index contributed by atoms with van der Waals surface area (Å²) in [5, 5.41) is 13.6. The van der Waals surface area contributed by atoms with Gasteiger partial charge in [-0.3, -0.25) is 0 Å². The van der Waals surface area contributed by atoms with Crippen LogP contribution in [-0.4, -0.2) is 54.7 Å². The van der Waals surface area contributed by atoms with E-state index in [9.17, 15) is 9.59 Å². The van der Waals surface area contributed by atoms with Gasteiger partial charge in [-0.25, -0.2) is 19.0 Å². The van der Waals surface area contributed by atoms with E-state index < -0.39 is 35.2 Å². The Labute approximate surface area is 344 Å². The zero-order chi connectivity index (χ0) is 39.6. The number of rotatable bonds is 4. The zero-order valence-electron chi connectivity index (χ0n) is 31.2. The van der Waals surface area contributed by atoms with Gasteiger partial charge in [0.15, 0.2) is 0 Å². The molecule has 0 saturated carbocycles. The van der Waals surface area contributed by atoms with Crippen LogP contribution >= 0.6 is 69.0 Å². The van der Waals surface area contributed by atoms with E-state index in [1.165, 1.54) is 0 Å². The van der Waals surface area contributed by atoms with Gasteiger partial charge in [0, 0.05) is 41.7 Å². The van der Waals surface area contributed by atoms with Gasteiger partial charge in [-0.05, 0) is 72.5 Å². The Morgan fingerprint density at radius 2 is 1.17 bits per heavy atom. The first-order valence-electron chi connectivity index (χ1n) is 16.5. The molecule has 10 nitrogen and oxygen atoms in total. The molecule has 2 unspecified atom stereocenters. The van der Waals surface area contributed by atoms with E-state index in [2.05, 4.69) is 38.1 Å². The quantitative estimate of drug-likeness (QED) is 0.123. The van der Waals surface area contributed by atoms with Crippen LogP contribution in [0.5, 0.6) is 0 Å². The highest BCUT2D eigenvalue weighted by Gasteiger charge is 2.39. The molecule has 2 atom stereocenters. The van der Waals surface area contributed by atoms with E-state index in [4.69, 9.17) is 55.9 Å². The second kappa shape index (κ2) is 17.1. The highest BCUT2D eigenvalue weighted by atomic mass is 127. The molecule has 0 aliphatic carbocycles. The van der Waals surface area contributed by atoms with Gasteiger partial charge in [0.2, 0.25) is 0 Å². The minimum atomic E-state index is -0.615. The van der Waals surface area contributed by atoms with E-state index in [0.717, 1.165) is 17.3 Å². The highest BCUT2D eigenvalue weighted by molar-refractivity contribution is 14.1. The fourth-order valence-electron chi connectivity index (χ4n) is 5.88. The molecule has 2 aliphatic rings. The third-order valence-corrected chi connectivity index (χ3v) is 9.77. The molecule has 0 radical (unpaired) electrons. The number of carbonyl (C=O) groups is 2. The summed E-state index contributed by atoms with van der Waals surface area (Å²) < 4.78 is 14.8. The lowest BCUT2D eigenvalue weighted by atomic mass is 9.94. The molecule has 1 N–H and O–H groups in total. The lowest BCUT2D eigenvalue weighted by molar-refractivity contribution is -0.151. The maximum Gasteiger partial charge on any atom is 0.338 e. The highest BCUT2D eigenvalue weighted by Crippen LogP contribution is 2.44. The van der Waals surface area contributed by atoms with Crippen LogP contribution in [-0.2, 0) is 19.1 Å². The molecule has 15 heteroatoms. The number of allylic oxidation sites excluding steroid dienone is 2. The van der Waals surface area contributed by atoms with E-state index in [-0.39, 0.29) is 0 Å². The van der Waals surface area contributed by atoms with Crippen LogP contribution in [0, 0.1) is 0 Å². The Hall–Kier alpha value is -3.23. The Balaban J connectivity index is 0.000000226. The summed E-state index contributed by atoms with van der Waals surface area (Å²) in [7, 11) is 1.89. The summed E-state index contributed by atoms with van der Waals surface area (Å²) in [4.78, 5) is 29.8. The van der Waals surface area contributed by atoms with E-state index >= 15 is 0 Å². The van der Waals surface area contributed by atoms with Crippen molar-refractivity contribution in [2.24, 2.45) is 0 Å². The van der Waals surface area contributed by atoms with Gasteiger partial charge in [0.1, 0.15) is 34.9 Å². The summed E-state index contributed by atoms with van der Waals surface area (Å²) in [5.41, 5.74) is 2.60. The normalized spacial score (nSPS) is 16.7. The fraction of sp³-hybridized carbons (Fsp3) is 0.368. The standard InChI is InChI=1S/C19H21Cl2N3O2.C18H19Cl2N3O2.CH3I/c1-11-15(18(25)26-19(2,3)4)17(12-7-6-8-13(20)16(12)21)24-14(23(11)5)9-10-22-24;1-10-14(17(24)25-18(2,3)4)16(23-13(22-10)8-9-21-23)11-6-5-7-12(19)15(11)20;1-2/h6-10,17H,1-5H3;5-9,16,22H,1-4H3;1H3. The number of alkyl halides is 1. The second-order valence-corrected chi connectivity index (χ2v) is 15.7.